The Hall–Kier alpha value is -4.88. The van der Waals surface area contributed by atoms with Crippen molar-refractivity contribution in [2.45, 2.75) is 70.2 Å². The van der Waals surface area contributed by atoms with E-state index in [1.165, 1.54) is 4.90 Å². The van der Waals surface area contributed by atoms with E-state index in [-0.39, 0.29) is 29.5 Å². The zero-order valence-corrected chi connectivity index (χ0v) is 30.2. The largest absolute Gasteiger partial charge is 0.347 e. The van der Waals surface area contributed by atoms with E-state index in [0.29, 0.717) is 42.6 Å². The molecule has 2 fully saturated rings. The third kappa shape index (κ3) is 6.63. The van der Waals surface area contributed by atoms with E-state index in [1.54, 1.807) is 20.3 Å². The lowest BCUT2D eigenvalue weighted by molar-refractivity contribution is -0.0229. The molecule has 52 heavy (non-hydrogen) atoms. The van der Waals surface area contributed by atoms with Gasteiger partial charge in [-0.2, -0.15) is 5.10 Å². The van der Waals surface area contributed by atoms with Gasteiger partial charge >= 0.3 is 0 Å². The Kier molecular flexibility index (Phi) is 9.75. The molecule has 2 aromatic heterocycles. The highest BCUT2D eigenvalue weighted by molar-refractivity contribution is 6.05. The van der Waals surface area contributed by atoms with Gasteiger partial charge in [-0.25, -0.2) is 8.78 Å². The molecule has 7 rings (SSSR count). The summed E-state index contributed by atoms with van der Waals surface area (Å²) in [6.45, 7) is 5.35. The molecule has 0 radical (unpaired) electrons. The van der Waals surface area contributed by atoms with Gasteiger partial charge in [0.2, 0.25) is 0 Å². The molecule has 11 nitrogen and oxygen atoms in total. The number of aromatic nitrogens is 3. The number of rotatable bonds is 9. The minimum atomic E-state index is -0.735. The topological polar surface area (TPSA) is 108 Å². The lowest BCUT2D eigenvalue weighted by Gasteiger charge is -2.53. The number of fused-ring (bicyclic) bond motifs is 2. The summed E-state index contributed by atoms with van der Waals surface area (Å²) < 4.78 is 34.4. The molecule has 0 bridgehead atoms. The van der Waals surface area contributed by atoms with Gasteiger partial charge in [0.25, 0.3) is 17.7 Å². The van der Waals surface area contributed by atoms with Gasteiger partial charge in [0, 0.05) is 68.5 Å². The zero-order valence-electron chi connectivity index (χ0n) is 30.2. The fraction of sp³-hybridized carbons (Fsp3) is 0.436. The molecule has 1 saturated heterocycles. The molecule has 0 atom stereocenters. The van der Waals surface area contributed by atoms with E-state index >= 15 is 8.78 Å². The van der Waals surface area contributed by atoms with Gasteiger partial charge in [-0.3, -0.25) is 24.0 Å². The van der Waals surface area contributed by atoms with Crippen molar-refractivity contribution in [1.29, 1.82) is 0 Å². The number of carbonyl (C=O) groups is 3. The summed E-state index contributed by atoms with van der Waals surface area (Å²) in [5.41, 5.74) is 3.98. The molecule has 1 saturated carbocycles. The van der Waals surface area contributed by atoms with Crippen molar-refractivity contribution >= 4 is 23.4 Å². The zero-order chi connectivity index (χ0) is 36.7. The second kappa shape index (κ2) is 14.3. The normalized spacial score (nSPS) is 17.4. The monoisotopic (exact) mass is 712 g/mol. The second-order valence-electron chi connectivity index (χ2n) is 14.6. The number of piperidine rings is 1. The molecule has 2 aliphatic heterocycles. The smallest absolute Gasteiger partial charge is 0.268 e. The second-order valence-corrected chi connectivity index (χ2v) is 14.6. The molecule has 274 valence electrons. The Morgan fingerprint density at radius 3 is 2.27 bits per heavy atom. The molecular weight excluding hydrogens is 666 g/mol. The molecule has 1 aliphatic carbocycles. The maximum atomic E-state index is 15.2. The van der Waals surface area contributed by atoms with E-state index in [2.05, 4.69) is 32.6 Å². The van der Waals surface area contributed by atoms with Gasteiger partial charge in [-0.1, -0.05) is 12.1 Å². The van der Waals surface area contributed by atoms with Crippen LogP contribution in [-0.2, 0) is 25.2 Å². The average Bonchev–Trinajstić information content (AvgIpc) is 3.72. The maximum absolute atomic E-state index is 15.2. The molecule has 4 aromatic rings. The van der Waals surface area contributed by atoms with Crippen molar-refractivity contribution in [3.05, 3.63) is 106 Å². The quantitative estimate of drug-likeness (QED) is 0.244. The van der Waals surface area contributed by atoms with Crippen LogP contribution in [0.1, 0.15) is 91.9 Å². The van der Waals surface area contributed by atoms with Gasteiger partial charge in [0.05, 0.1) is 23.3 Å². The lowest BCUT2D eigenvalue weighted by Crippen LogP contribution is -2.56. The third-order valence-corrected chi connectivity index (χ3v) is 11.2. The summed E-state index contributed by atoms with van der Waals surface area (Å²) in [5.74, 6) is -2.34. The van der Waals surface area contributed by atoms with Crippen molar-refractivity contribution in [2.75, 3.05) is 46.1 Å². The number of carbonyl (C=O) groups excluding carboxylic acids is 3. The highest BCUT2D eigenvalue weighted by Gasteiger charge is 2.48. The van der Waals surface area contributed by atoms with Crippen LogP contribution in [0.15, 0.2) is 54.7 Å². The number of anilines is 1. The van der Waals surface area contributed by atoms with Crippen LogP contribution in [0.3, 0.4) is 0 Å². The first kappa shape index (κ1) is 35.5. The highest BCUT2D eigenvalue weighted by Crippen LogP contribution is 2.49. The average molecular weight is 713 g/mol. The summed E-state index contributed by atoms with van der Waals surface area (Å²) >= 11 is 0. The number of nitrogens with zero attached hydrogens (tertiary/aromatic N) is 6. The minimum absolute atomic E-state index is 0.0228. The van der Waals surface area contributed by atoms with Crippen LogP contribution in [0.25, 0.3) is 0 Å². The van der Waals surface area contributed by atoms with Gasteiger partial charge in [0.1, 0.15) is 17.3 Å². The molecular formula is C39H46F2N8O3. The summed E-state index contributed by atoms with van der Waals surface area (Å²) in [7, 11) is 5.20. The van der Waals surface area contributed by atoms with Crippen LogP contribution in [0.5, 0.6) is 0 Å². The molecule has 13 heteroatoms. The Bertz CT molecular complexity index is 1970. The van der Waals surface area contributed by atoms with Crippen molar-refractivity contribution in [3.8, 4) is 0 Å². The Balaban J connectivity index is 0.971. The molecule has 2 aromatic carbocycles. The van der Waals surface area contributed by atoms with Gasteiger partial charge in [-0.05, 0) is 101 Å². The Morgan fingerprint density at radius 2 is 1.63 bits per heavy atom. The Labute approximate surface area is 302 Å². The van der Waals surface area contributed by atoms with E-state index in [1.807, 2.05) is 52.6 Å². The molecule has 4 heterocycles. The first-order chi connectivity index (χ1) is 24.9. The summed E-state index contributed by atoms with van der Waals surface area (Å²) in [6.07, 6.45) is 6.28. The molecule has 1 spiro atoms. The van der Waals surface area contributed by atoms with Crippen LogP contribution in [-0.4, -0.2) is 87.5 Å². The summed E-state index contributed by atoms with van der Waals surface area (Å²) in [5, 5.41) is 10.5. The van der Waals surface area contributed by atoms with Crippen LogP contribution < -0.4 is 10.6 Å². The number of likely N-dealkylation sites (tertiary alicyclic amines) is 1. The number of benzene rings is 2. The van der Waals surface area contributed by atoms with E-state index in [4.69, 9.17) is 0 Å². The van der Waals surface area contributed by atoms with Crippen molar-refractivity contribution in [2.24, 2.45) is 0 Å². The fourth-order valence-corrected chi connectivity index (χ4v) is 7.98. The number of hydrogen-bond acceptors (Lipinski definition) is 6. The van der Waals surface area contributed by atoms with Gasteiger partial charge in [-0.15, -0.1) is 0 Å². The van der Waals surface area contributed by atoms with Crippen LogP contribution in [0.2, 0.25) is 0 Å². The van der Waals surface area contributed by atoms with Crippen LogP contribution in [0.4, 0.5) is 14.5 Å². The predicted molar refractivity (Wildman–Crippen MR) is 193 cm³/mol. The highest BCUT2D eigenvalue weighted by atomic mass is 19.1. The van der Waals surface area contributed by atoms with E-state index in [9.17, 15) is 14.4 Å². The molecule has 3 aliphatic rings. The van der Waals surface area contributed by atoms with Crippen molar-refractivity contribution < 1.29 is 23.2 Å². The van der Waals surface area contributed by atoms with Gasteiger partial charge < -0.3 is 25.0 Å². The van der Waals surface area contributed by atoms with Crippen LogP contribution >= 0.6 is 0 Å². The predicted octanol–water partition coefficient (Wildman–Crippen LogP) is 5.32. The number of hydrogen-bond donors (Lipinski definition) is 2. The third-order valence-electron chi connectivity index (χ3n) is 11.2. The number of halogens is 2. The molecule has 0 unspecified atom stereocenters. The molecule has 3 amide bonds. The van der Waals surface area contributed by atoms with Crippen LogP contribution in [0, 0.1) is 18.6 Å². The fourth-order valence-electron chi connectivity index (χ4n) is 7.98. The SMILES string of the molecule is Cc1c(C(=O)Nc2ccc(CNC(=O)c3ccc4n3CCN(Cc3c(F)cc(C(=O)N(C)C)cc3F)C43CCC3)cc2)cnn1C1CCN(C)CC1. The van der Waals surface area contributed by atoms with Crippen molar-refractivity contribution in [1.82, 2.24) is 34.4 Å². The Morgan fingerprint density at radius 1 is 0.942 bits per heavy atom. The minimum Gasteiger partial charge on any atom is -0.347 e. The first-order valence-electron chi connectivity index (χ1n) is 18.0. The standard InChI is InChI=1S/C39H46F2N8O3/c1-25-30(23-43-49(25)29-12-16-46(4)17-13-29)36(50)44-28-8-6-26(7-9-28)22-42-37(51)34-10-11-35-39(14-5-15-39)47(18-19-48(34)35)24-31-32(40)20-27(21-33(31)41)38(52)45(2)3/h6-11,20-21,23,29H,5,12-19,22,24H2,1-4H3,(H,42,51)(H,44,50). The first-order valence-corrected chi connectivity index (χ1v) is 18.0. The van der Waals surface area contributed by atoms with Gasteiger partial charge in [0.15, 0.2) is 0 Å². The number of amides is 3. The van der Waals surface area contributed by atoms with E-state index in [0.717, 1.165) is 74.3 Å². The summed E-state index contributed by atoms with van der Waals surface area (Å²) in [6, 6.07) is 13.7. The lowest BCUT2D eigenvalue weighted by atomic mass is 9.71. The maximum Gasteiger partial charge on any atom is 0.268 e. The number of nitrogens with one attached hydrogen (secondary N) is 2. The van der Waals surface area contributed by atoms with E-state index < -0.39 is 23.1 Å². The summed E-state index contributed by atoms with van der Waals surface area (Å²) in [4.78, 5) is 44.6. The van der Waals surface area contributed by atoms with Crippen molar-refractivity contribution in [3.63, 3.8) is 0 Å². The molecule has 2 N–H and O–H groups in total.